The van der Waals surface area contributed by atoms with Gasteiger partial charge in [-0.05, 0) is 50.2 Å². The van der Waals surface area contributed by atoms with E-state index in [1.165, 1.54) is 12.1 Å². The van der Waals surface area contributed by atoms with E-state index in [9.17, 15) is 17.6 Å². The Labute approximate surface area is 192 Å². The van der Waals surface area contributed by atoms with Crippen LogP contribution in [0.2, 0.25) is 0 Å². The highest BCUT2D eigenvalue weighted by Crippen LogP contribution is 2.25. The summed E-state index contributed by atoms with van der Waals surface area (Å²) in [6.07, 6.45) is 2.51. The number of benzene rings is 1. The smallest absolute Gasteiger partial charge is 0.270 e. The minimum absolute atomic E-state index is 0.0576. The number of piperazine rings is 1. The number of rotatable bonds is 4. The van der Waals surface area contributed by atoms with Crippen molar-refractivity contribution in [3.8, 4) is 0 Å². The molecule has 1 aliphatic rings. The number of aromatic nitrogens is 2. The molecule has 1 aromatic carbocycles. The average molecular weight is 478 g/mol. The Morgan fingerprint density at radius 1 is 1.18 bits per heavy atom. The second-order valence-electron chi connectivity index (χ2n) is 8.10. The van der Waals surface area contributed by atoms with Crippen LogP contribution in [-0.4, -0.2) is 72.2 Å². The van der Waals surface area contributed by atoms with Gasteiger partial charge in [0.1, 0.15) is 11.5 Å². The second-order valence-corrected chi connectivity index (χ2v) is 9.57. The number of fused-ring (bicyclic) bond motifs is 1. The highest BCUT2D eigenvalue weighted by atomic mass is 32.2. The third-order valence-electron chi connectivity index (χ3n) is 4.91. The number of nitrogens with one attached hydrogen (secondary N) is 2. The summed E-state index contributed by atoms with van der Waals surface area (Å²) in [5.41, 5.74) is 2.27. The Kier molecular flexibility index (Phi) is 7.54. The molecule has 0 saturated carbocycles. The van der Waals surface area contributed by atoms with Crippen molar-refractivity contribution in [1.82, 2.24) is 14.9 Å². The molecule has 178 valence electrons. The van der Waals surface area contributed by atoms with Gasteiger partial charge in [-0.3, -0.25) is 9.35 Å². The summed E-state index contributed by atoms with van der Waals surface area (Å²) in [4.78, 5) is 24.5. The number of aromatic amines is 1. The van der Waals surface area contributed by atoms with Gasteiger partial charge in [-0.15, -0.1) is 0 Å². The van der Waals surface area contributed by atoms with Crippen molar-refractivity contribution in [1.29, 1.82) is 0 Å². The second kappa shape index (κ2) is 10.2. The summed E-state index contributed by atoms with van der Waals surface area (Å²) >= 11 is 0. The van der Waals surface area contributed by atoms with Gasteiger partial charge >= 0.3 is 0 Å². The van der Waals surface area contributed by atoms with Gasteiger partial charge in [-0.2, -0.15) is 8.42 Å². The Balaban J connectivity index is 0.000000555. The first-order chi connectivity index (χ1) is 15.5. The maximum Gasteiger partial charge on any atom is 0.270 e. The Bertz CT molecular complexity index is 1210. The van der Waals surface area contributed by atoms with Crippen LogP contribution >= 0.6 is 0 Å². The largest absolute Gasteiger partial charge is 0.380 e. The van der Waals surface area contributed by atoms with Crippen LogP contribution < -0.4 is 10.2 Å². The number of carbonyl (C=O) groups excluding carboxylic acids is 1. The molecule has 0 radical (unpaired) electrons. The Hall–Kier alpha value is -3.18. The van der Waals surface area contributed by atoms with Gasteiger partial charge in [0.15, 0.2) is 5.82 Å². The van der Waals surface area contributed by atoms with E-state index >= 15 is 0 Å². The normalized spacial score (nSPS) is 14.2. The molecule has 33 heavy (non-hydrogen) atoms. The third-order valence-corrected chi connectivity index (χ3v) is 4.91. The van der Waals surface area contributed by atoms with Crippen molar-refractivity contribution in [3.05, 3.63) is 54.1 Å². The van der Waals surface area contributed by atoms with Crippen LogP contribution in [0.4, 0.5) is 15.9 Å². The molecule has 3 N–H and O–H groups in total. The van der Waals surface area contributed by atoms with Gasteiger partial charge in [0.2, 0.25) is 0 Å². The number of carbonyl (C=O) groups is 1. The molecule has 0 aliphatic carbocycles. The molecule has 3 aromatic rings. The topological polar surface area (TPSA) is 119 Å². The van der Waals surface area contributed by atoms with E-state index in [2.05, 4.69) is 34.0 Å². The van der Waals surface area contributed by atoms with Crippen LogP contribution in [0, 0.1) is 5.82 Å². The van der Waals surface area contributed by atoms with Gasteiger partial charge in [-0.1, -0.05) is 0 Å². The van der Waals surface area contributed by atoms with E-state index < -0.39 is 10.1 Å². The number of anilines is 2. The van der Waals surface area contributed by atoms with Crippen molar-refractivity contribution < 1.29 is 22.2 Å². The quantitative estimate of drug-likeness (QED) is 0.494. The highest BCUT2D eigenvalue weighted by molar-refractivity contribution is 7.85. The first-order valence-electron chi connectivity index (χ1n) is 10.5. The fraction of sp³-hybridized carbons (Fsp3) is 0.364. The van der Waals surface area contributed by atoms with Crippen LogP contribution in [0.5, 0.6) is 0 Å². The van der Waals surface area contributed by atoms with Gasteiger partial charge in [0.05, 0.1) is 11.9 Å². The van der Waals surface area contributed by atoms with Crippen molar-refractivity contribution >= 4 is 38.4 Å². The van der Waals surface area contributed by atoms with Crippen molar-refractivity contribution in [3.63, 3.8) is 0 Å². The summed E-state index contributed by atoms with van der Waals surface area (Å²) in [6, 6.07) is 10.5. The molecule has 0 atom stereocenters. The Morgan fingerprint density at radius 3 is 2.48 bits per heavy atom. The Morgan fingerprint density at radius 2 is 1.85 bits per heavy atom. The standard InChI is InChI=1S/C21H24FN5O.CH4O3S/c1-14(2)24-18-4-3-7-23-20(18)26-8-10-27(11-9-26)21(28)19-13-15-12-16(22)5-6-17(15)25-19;1-5(2,3)4/h3-7,12-14,24-25H,8-11H2,1-2H3;1H3,(H,2,3,4). The predicted octanol–water partition coefficient (Wildman–Crippen LogP) is 2.99. The molecule has 1 aliphatic heterocycles. The van der Waals surface area contributed by atoms with Crippen LogP contribution in [0.25, 0.3) is 10.9 Å². The maximum atomic E-state index is 13.4. The molecule has 11 heteroatoms. The number of H-pyrrole nitrogens is 1. The van der Waals surface area contributed by atoms with E-state index in [0.29, 0.717) is 49.6 Å². The SMILES string of the molecule is CC(C)Nc1cccnc1N1CCN(C(=O)c2cc3cc(F)ccc3[nH]2)CC1.CS(=O)(=O)O. The van der Waals surface area contributed by atoms with Gasteiger partial charge in [0.25, 0.3) is 16.0 Å². The third kappa shape index (κ3) is 6.90. The van der Waals surface area contributed by atoms with E-state index in [1.807, 2.05) is 17.0 Å². The fourth-order valence-electron chi connectivity index (χ4n) is 3.58. The van der Waals surface area contributed by atoms with Crippen LogP contribution in [-0.2, 0) is 10.1 Å². The summed E-state index contributed by atoms with van der Waals surface area (Å²) in [7, 11) is -3.67. The fourth-order valence-corrected chi connectivity index (χ4v) is 3.58. The van der Waals surface area contributed by atoms with Crippen LogP contribution in [0.3, 0.4) is 0 Å². The lowest BCUT2D eigenvalue weighted by molar-refractivity contribution is 0.0741. The van der Waals surface area contributed by atoms with Crippen LogP contribution in [0.15, 0.2) is 42.6 Å². The monoisotopic (exact) mass is 477 g/mol. The van der Waals surface area contributed by atoms with Crippen molar-refractivity contribution in [2.45, 2.75) is 19.9 Å². The first kappa shape index (κ1) is 24.5. The zero-order valence-corrected chi connectivity index (χ0v) is 19.6. The minimum Gasteiger partial charge on any atom is -0.380 e. The number of hydrogen-bond donors (Lipinski definition) is 3. The van der Waals surface area contributed by atoms with Crippen LogP contribution in [0.1, 0.15) is 24.3 Å². The number of halogens is 1. The molecule has 9 nitrogen and oxygen atoms in total. The molecule has 0 bridgehead atoms. The van der Waals surface area contributed by atoms with Gasteiger partial charge in [-0.25, -0.2) is 9.37 Å². The zero-order valence-electron chi connectivity index (χ0n) is 18.7. The van der Waals surface area contributed by atoms with E-state index in [4.69, 9.17) is 4.55 Å². The molecule has 2 aromatic heterocycles. The molecule has 0 spiro atoms. The van der Waals surface area contributed by atoms with E-state index in [-0.39, 0.29) is 11.7 Å². The summed E-state index contributed by atoms with van der Waals surface area (Å²) in [5.74, 6) is 0.558. The number of amides is 1. The molecule has 4 rings (SSSR count). The molecule has 3 heterocycles. The summed E-state index contributed by atoms with van der Waals surface area (Å²) in [6.45, 7) is 6.84. The number of hydrogen-bond acceptors (Lipinski definition) is 6. The molecule has 1 amide bonds. The highest BCUT2D eigenvalue weighted by Gasteiger charge is 2.25. The predicted molar refractivity (Wildman–Crippen MR) is 127 cm³/mol. The lowest BCUT2D eigenvalue weighted by Crippen LogP contribution is -2.49. The van der Waals surface area contributed by atoms with Gasteiger partial charge in [0, 0.05) is 49.3 Å². The molecular formula is C22H28FN5O4S. The summed E-state index contributed by atoms with van der Waals surface area (Å²) in [5, 5.41) is 4.14. The molecule has 0 unspecified atom stereocenters. The van der Waals surface area contributed by atoms with Crippen molar-refractivity contribution in [2.75, 3.05) is 42.7 Å². The molecular weight excluding hydrogens is 449 g/mol. The maximum absolute atomic E-state index is 13.4. The zero-order chi connectivity index (χ0) is 24.2. The van der Waals surface area contributed by atoms with Crippen molar-refractivity contribution in [2.24, 2.45) is 0 Å². The lowest BCUT2D eigenvalue weighted by Gasteiger charge is -2.36. The molecule has 1 saturated heterocycles. The average Bonchev–Trinajstić information content (AvgIpc) is 3.15. The van der Waals surface area contributed by atoms with E-state index in [0.717, 1.165) is 17.0 Å². The number of nitrogens with zero attached hydrogens (tertiary/aromatic N) is 3. The lowest BCUT2D eigenvalue weighted by atomic mass is 10.2. The molecule has 1 fully saturated rings. The van der Waals surface area contributed by atoms with Gasteiger partial charge < -0.3 is 20.1 Å². The number of pyridine rings is 1. The van der Waals surface area contributed by atoms with E-state index in [1.54, 1.807) is 18.3 Å². The minimum atomic E-state index is -3.67. The summed E-state index contributed by atoms with van der Waals surface area (Å²) < 4.78 is 39.3. The first-order valence-corrected chi connectivity index (χ1v) is 12.3.